The highest BCUT2D eigenvalue weighted by atomic mass is 16.1. The van der Waals surface area contributed by atoms with E-state index in [0.717, 1.165) is 13.0 Å². The summed E-state index contributed by atoms with van der Waals surface area (Å²) in [4.78, 5) is 13.2. The average Bonchev–Trinajstić information content (AvgIpc) is 2.27. The Balaban J connectivity index is 2.36. The van der Waals surface area contributed by atoms with E-state index < -0.39 is 0 Å². The molecule has 0 unspecified atom stereocenters. The van der Waals surface area contributed by atoms with Gasteiger partial charge >= 0.3 is 0 Å². The van der Waals surface area contributed by atoms with Crippen LogP contribution < -0.4 is 0 Å². The molecule has 3 nitrogen and oxygen atoms in total. The molecule has 0 fully saturated rings. The van der Waals surface area contributed by atoms with Gasteiger partial charge in [0.15, 0.2) is 5.78 Å². The number of rotatable bonds is 6. The third-order valence-electron chi connectivity index (χ3n) is 2.59. The van der Waals surface area contributed by atoms with Crippen molar-refractivity contribution >= 4 is 5.78 Å². The van der Waals surface area contributed by atoms with E-state index in [2.05, 4.69) is 25.1 Å². The molecule has 0 aliphatic heterocycles. The third kappa shape index (κ3) is 5.28. The van der Waals surface area contributed by atoms with E-state index in [1.807, 2.05) is 24.1 Å². The number of aryl methyl sites for hydroxylation is 1. The first-order valence-electron chi connectivity index (χ1n) is 5.74. The molecule has 17 heavy (non-hydrogen) atoms. The van der Waals surface area contributed by atoms with E-state index in [1.54, 1.807) is 0 Å². The summed E-state index contributed by atoms with van der Waals surface area (Å²) in [6.45, 7) is 3.27. The first kappa shape index (κ1) is 13.4. The molecule has 0 aromatic heterocycles. The second-order valence-corrected chi connectivity index (χ2v) is 4.35. The van der Waals surface area contributed by atoms with Crippen LogP contribution in [0.5, 0.6) is 0 Å². The van der Waals surface area contributed by atoms with Crippen LogP contribution in [0.2, 0.25) is 0 Å². The highest BCUT2D eigenvalue weighted by molar-refractivity contribution is 5.82. The van der Waals surface area contributed by atoms with Gasteiger partial charge in [0.1, 0.15) is 0 Å². The number of nitriles is 1. The molecule has 1 aromatic carbocycles. The Hall–Kier alpha value is -1.66. The second-order valence-electron chi connectivity index (χ2n) is 4.35. The average molecular weight is 230 g/mol. The van der Waals surface area contributed by atoms with Crippen LogP contribution in [0.4, 0.5) is 0 Å². The Kier molecular flexibility index (Phi) is 5.38. The quantitative estimate of drug-likeness (QED) is 0.750. The highest BCUT2D eigenvalue weighted by Crippen LogP contribution is 2.05. The second kappa shape index (κ2) is 6.82. The third-order valence-corrected chi connectivity index (χ3v) is 2.59. The zero-order valence-corrected chi connectivity index (χ0v) is 10.4. The summed E-state index contributed by atoms with van der Waals surface area (Å²) in [5, 5.41) is 8.40. The molecule has 90 valence electrons. The lowest BCUT2D eigenvalue weighted by atomic mass is 10.1. The van der Waals surface area contributed by atoms with Crippen LogP contribution in [0.3, 0.4) is 0 Å². The van der Waals surface area contributed by atoms with Crippen LogP contribution >= 0.6 is 0 Å². The first-order chi connectivity index (χ1) is 8.11. The van der Waals surface area contributed by atoms with Gasteiger partial charge in [0.2, 0.25) is 0 Å². The van der Waals surface area contributed by atoms with Crippen LogP contribution in [0.1, 0.15) is 17.5 Å². The maximum atomic E-state index is 11.3. The molecule has 0 N–H and O–H groups in total. The summed E-state index contributed by atoms with van der Waals surface area (Å²) >= 11 is 0. The molecule has 0 amide bonds. The predicted octanol–water partition coefficient (Wildman–Crippen LogP) is 1.95. The zero-order chi connectivity index (χ0) is 12.7. The first-order valence-corrected chi connectivity index (χ1v) is 5.74. The van der Waals surface area contributed by atoms with Crippen molar-refractivity contribution in [2.45, 2.75) is 19.8 Å². The molecule has 3 heteroatoms. The number of benzene rings is 1. The molecule has 0 saturated carbocycles. The smallest absolute Gasteiger partial charge is 0.160 e. The van der Waals surface area contributed by atoms with Crippen molar-refractivity contribution in [2.24, 2.45) is 0 Å². The molecular weight excluding hydrogens is 212 g/mol. The van der Waals surface area contributed by atoms with Crippen molar-refractivity contribution in [1.29, 1.82) is 5.26 Å². The molecular formula is C14H18N2O. The summed E-state index contributed by atoms with van der Waals surface area (Å²) in [5.41, 5.74) is 2.54. The van der Waals surface area contributed by atoms with Gasteiger partial charge in [0.25, 0.3) is 0 Å². The molecule has 0 atom stereocenters. The van der Waals surface area contributed by atoms with E-state index in [4.69, 9.17) is 5.26 Å². The monoisotopic (exact) mass is 230 g/mol. The number of likely N-dealkylation sites (N-methyl/N-ethyl adjacent to an activating group) is 1. The summed E-state index contributed by atoms with van der Waals surface area (Å²) in [6, 6.07) is 10.3. The Labute approximate surface area is 103 Å². The molecule has 0 radical (unpaired) electrons. The number of hydrogen-bond donors (Lipinski definition) is 0. The van der Waals surface area contributed by atoms with Crippen molar-refractivity contribution in [3.8, 4) is 6.07 Å². The van der Waals surface area contributed by atoms with Crippen LogP contribution in [0.25, 0.3) is 0 Å². The van der Waals surface area contributed by atoms with Gasteiger partial charge < -0.3 is 0 Å². The Morgan fingerprint density at radius 3 is 2.88 bits per heavy atom. The van der Waals surface area contributed by atoms with Crippen molar-refractivity contribution in [3.05, 3.63) is 35.4 Å². The minimum Gasteiger partial charge on any atom is -0.299 e. The lowest BCUT2D eigenvalue weighted by molar-refractivity contribution is -0.118. The maximum Gasteiger partial charge on any atom is 0.160 e. The van der Waals surface area contributed by atoms with E-state index in [1.165, 1.54) is 11.1 Å². The SMILES string of the molecule is Cc1cccc(CCN(C)CC(=O)CC#N)c1. The van der Waals surface area contributed by atoms with Crippen molar-refractivity contribution in [1.82, 2.24) is 4.90 Å². The molecule has 0 spiro atoms. The number of Topliss-reactive ketones (excluding diaryl/α,β-unsaturated/α-hetero) is 1. The van der Waals surface area contributed by atoms with Gasteiger partial charge in [-0.05, 0) is 26.0 Å². The number of carbonyl (C=O) groups is 1. The van der Waals surface area contributed by atoms with Crippen molar-refractivity contribution in [2.75, 3.05) is 20.1 Å². The Morgan fingerprint density at radius 2 is 2.24 bits per heavy atom. The number of hydrogen-bond acceptors (Lipinski definition) is 3. The summed E-state index contributed by atoms with van der Waals surface area (Å²) < 4.78 is 0. The summed E-state index contributed by atoms with van der Waals surface area (Å²) in [5.74, 6) is -0.0146. The molecule has 1 aromatic rings. The normalized spacial score (nSPS) is 10.2. The standard InChI is InChI=1S/C14H18N2O/c1-12-4-3-5-13(10-12)7-9-16(2)11-14(17)6-8-15/h3-5,10H,6-7,9,11H2,1-2H3. The zero-order valence-electron chi connectivity index (χ0n) is 10.4. The number of ketones is 1. The Bertz CT molecular complexity index is 420. The van der Waals surface area contributed by atoms with E-state index >= 15 is 0 Å². The maximum absolute atomic E-state index is 11.3. The van der Waals surface area contributed by atoms with Crippen LogP contribution in [0, 0.1) is 18.3 Å². The number of carbonyl (C=O) groups excluding carboxylic acids is 1. The van der Waals surface area contributed by atoms with E-state index in [-0.39, 0.29) is 12.2 Å². The fraction of sp³-hybridized carbons (Fsp3) is 0.429. The summed E-state index contributed by atoms with van der Waals surface area (Å²) in [7, 11) is 1.91. The minimum absolute atomic E-state index is 0.00872. The van der Waals surface area contributed by atoms with Crippen LogP contribution in [0.15, 0.2) is 24.3 Å². The lowest BCUT2D eigenvalue weighted by Gasteiger charge is -2.14. The molecule has 0 saturated heterocycles. The van der Waals surface area contributed by atoms with Gasteiger partial charge in [0, 0.05) is 6.54 Å². The fourth-order valence-electron chi connectivity index (χ4n) is 1.71. The van der Waals surface area contributed by atoms with Gasteiger partial charge in [-0.25, -0.2) is 0 Å². The van der Waals surface area contributed by atoms with E-state index in [0.29, 0.717) is 6.54 Å². The Morgan fingerprint density at radius 1 is 1.47 bits per heavy atom. The summed E-state index contributed by atoms with van der Waals surface area (Å²) in [6.07, 6.45) is 0.937. The molecule has 0 bridgehead atoms. The lowest BCUT2D eigenvalue weighted by Crippen LogP contribution is -2.27. The highest BCUT2D eigenvalue weighted by Gasteiger charge is 2.06. The largest absolute Gasteiger partial charge is 0.299 e. The van der Waals surface area contributed by atoms with Gasteiger partial charge in [-0.1, -0.05) is 29.8 Å². The molecule has 0 heterocycles. The van der Waals surface area contributed by atoms with Crippen molar-refractivity contribution < 1.29 is 4.79 Å². The molecule has 1 rings (SSSR count). The fourth-order valence-corrected chi connectivity index (χ4v) is 1.71. The van der Waals surface area contributed by atoms with Gasteiger partial charge in [-0.3, -0.25) is 9.69 Å². The van der Waals surface area contributed by atoms with Gasteiger partial charge in [0.05, 0.1) is 19.0 Å². The van der Waals surface area contributed by atoms with Crippen LogP contribution in [-0.4, -0.2) is 30.8 Å². The molecule has 0 aliphatic carbocycles. The van der Waals surface area contributed by atoms with Crippen LogP contribution in [-0.2, 0) is 11.2 Å². The topological polar surface area (TPSA) is 44.1 Å². The predicted molar refractivity (Wildman–Crippen MR) is 67.6 cm³/mol. The number of nitrogens with zero attached hydrogens (tertiary/aromatic N) is 2. The minimum atomic E-state index is -0.0146. The van der Waals surface area contributed by atoms with Crippen molar-refractivity contribution in [3.63, 3.8) is 0 Å². The van der Waals surface area contributed by atoms with Gasteiger partial charge in [-0.2, -0.15) is 5.26 Å². The van der Waals surface area contributed by atoms with Gasteiger partial charge in [-0.15, -0.1) is 0 Å². The molecule has 0 aliphatic rings. The van der Waals surface area contributed by atoms with E-state index in [9.17, 15) is 4.79 Å².